The highest BCUT2D eigenvalue weighted by Crippen LogP contribution is 2.07. The van der Waals surface area contributed by atoms with Crippen LogP contribution in [-0.2, 0) is 9.53 Å². The molecule has 1 aromatic rings. The van der Waals surface area contributed by atoms with Crippen LogP contribution >= 0.6 is 0 Å². The summed E-state index contributed by atoms with van der Waals surface area (Å²) in [4.78, 5) is 11.6. The van der Waals surface area contributed by atoms with E-state index in [-0.39, 0.29) is 12.0 Å². The Labute approximate surface area is 96.8 Å². The van der Waals surface area contributed by atoms with E-state index in [1.165, 1.54) is 0 Å². The third-order valence-electron chi connectivity index (χ3n) is 2.14. The van der Waals surface area contributed by atoms with Crippen LogP contribution in [0.25, 0.3) is 0 Å². The van der Waals surface area contributed by atoms with Gasteiger partial charge in [-0.1, -0.05) is 25.1 Å². The van der Waals surface area contributed by atoms with Crippen molar-refractivity contribution < 1.29 is 9.53 Å². The molecule has 16 heavy (non-hydrogen) atoms. The lowest BCUT2D eigenvalue weighted by molar-refractivity contribution is -0.118. The average Bonchev–Trinajstić information content (AvgIpc) is 2.27. The monoisotopic (exact) mass is 221 g/mol. The molecule has 0 fully saturated rings. The molecule has 0 heterocycles. The molecule has 0 aliphatic rings. The molecule has 1 aromatic carbocycles. The van der Waals surface area contributed by atoms with Gasteiger partial charge in [-0.15, -0.1) is 0 Å². The molecule has 0 aliphatic heterocycles. The normalized spacial score (nSPS) is 12.1. The lowest BCUT2D eigenvalue weighted by Gasteiger charge is -2.12. The SMILES string of the molecule is CCCOC(C)CC(=O)Nc1ccccc1. The van der Waals surface area contributed by atoms with Gasteiger partial charge in [0.05, 0.1) is 12.5 Å². The van der Waals surface area contributed by atoms with Crippen LogP contribution in [0, 0.1) is 0 Å². The number of anilines is 1. The van der Waals surface area contributed by atoms with Crippen molar-refractivity contribution in [2.45, 2.75) is 32.8 Å². The van der Waals surface area contributed by atoms with Crippen molar-refractivity contribution in [3.63, 3.8) is 0 Å². The highest BCUT2D eigenvalue weighted by Gasteiger charge is 2.08. The second kappa shape index (κ2) is 7.01. The summed E-state index contributed by atoms with van der Waals surface area (Å²) in [6, 6.07) is 9.45. The van der Waals surface area contributed by atoms with Gasteiger partial charge in [0.25, 0.3) is 0 Å². The van der Waals surface area contributed by atoms with Gasteiger partial charge in [-0.05, 0) is 25.5 Å². The van der Waals surface area contributed by atoms with E-state index in [0.29, 0.717) is 13.0 Å². The first-order valence-corrected chi connectivity index (χ1v) is 5.69. The number of hydrogen-bond donors (Lipinski definition) is 1. The van der Waals surface area contributed by atoms with Gasteiger partial charge in [-0.2, -0.15) is 0 Å². The Hall–Kier alpha value is -1.35. The summed E-state index contributed by atoms with van der Waals surface area (Å²) >= 11 is 0. The number of rotatable bonds is 6. The third kappa shape index (κ3) is 4.94. The van der Waals surface area contributed by atoms with Crippen LogP contribution < -0.4 is 5.32 Å². The summed E-state index contributed by atoms with van der Waals surface area (Å²) in [5, 5.41) is 2.83. The first kappa shape index (κ1) is 12.7. The van der Waals surface area contributed by atoms with Crippen LogP contribution in [0.3, 0.4) is 0 Å². The fourth-order valence-corrected chi connectivity index (χ4v) is 1.37. The molecule has 1 N–H and O–H groups in total. The van der Waals surface area contributed by atoms with Crippen molar-refractivity contribution in [2.24, 2.45) is 0 Å². The van der Waals surface area contributed by atoms with E-state index in [1.807, 2.05) is 37.3 Å². The molecule has 1 rings (SSSR count). The van der Waals surface area contributed by atoms with Crippen LogP contribution in [-0.4, -0.2) is 18.6 Å². The number of benzene rings is 1. The van der Waals surface area contributed by atoms with Gasteiger partial charge in [-0.3, -0.25) is 4.79 Å². The number of carbonyl (C=O) groups excluding carboxylic acids is 1. The first-order chi connectivity index (χ1) is 7.72. The van der Waals surface area contributed by atoms with Crippen LogP contribution in [0.1, 0.15) is 26.7 Å². The van der Waals surface area contributed by atoms with Gasteiger partial charge in [0.1, 0.15) is 0 Å². The maximum Gasteiger partial charge on any atom is 0.226 e. The maximum atomic E-state index is 11.6. The topological polar surface area (TPSA) is 38.3 Å². The van der Waals surface area contributed by atoms with E-state index in [0.717, 1.165) is 12.1 Å². The molecule has 0 aromatic heterocycles. The number of amides is 1. The fraction of sp³-hybridized carbons (Fsp3) is 0.462. The Balaban J connectivity index is 2.31. The standard InChI is InChI=1S/C13H19NO2/c1-3-9-16-11(2)10-13(15)14-12-7-5-4-6-8-12/h4-8,11H,3,9-10H2,1-2H3,(H,14,15). The second-order valence-electron chi connectivity index (χ2n) is 3.80. The smallest absolute Gasteiger partial charge is 0.226 e. The van der Waals surface area contributed by atoms with Crippen molar-refractivity contribution in [1.82, 2.24) is 0 Å². The van der Waals surface area contributed by atoms with Gasteiger partial charge >= 0.3 is 0 Å². The summed E-state index contributed by atoms with van der Waals surface area (Å²) in [5.41, 5.74) is 0.829. The zero-order valence-electron chi connectivity index (χ0n) is 9.90. The van der Waals surface area contributed by atoms with E-state index < -0.39 is 0 Å². The van der Waals surface area contributed by atoms with Crippen molar-refractivity contribution >= 4 is 11.6 Å². The second-order valence-corrected chi connectivity index (χ2v) is 3.80. The van der Waals surface area contributed by atoms with Crippen molar-refractivity contribution in [3.05, 3.63) is 30.3 Å². The minimum absolute atomic E-state index is 0.00481. The molecule has 0 spiro atoms. The van der Waals surface area contributed by atoms with E-state index in [9.17, 15) is 4.79 Å². The summed E-state index contributed by atoms with van der Waals surface area (Å²) in [5.74, 6) is -0.00481. The molecular formula is C13H19NO2. The molecule has 88 valence electrons. The zero-order chi connectivity index (χ0) is 11.8. The Morgan fingerprint density at radius 1 is 1.38 bits per heavy atom. The minimum Gasteiger partial charge on any atom is -0.378 e. The maximum absolute atomic E-state index is 11.6. The van der Waals surface area contributed by atoms with Gasteiger partial charge < -0.3 is 10.1 Å². The summed E-state index contributed by atoms with van der Waals surface area (Å²) in [6.45, 7) is 4.68. The molecule has 0 radical (unpaired) electrons. The van der Waals surface area contributed by atoms with Crippen LogP contribution in [0.4, 0.5) is 5.69 Å². The van der Waals surface area contributed by atoms with Crippen LogP contribution in [0.5, 0.6) is 0 Å². The van der Waals surface area contributed by atoms with Crippen LogP contribution in [0.15, 0.2) is 30.3 Å². The van der Waals surface area contributed by atoms with Gasteiger partial charge in [0.15, 0.2) is 0 Å². The Morgan fingerprint density at radius 3 is 2.69 bits per heavy atom. The number of para-hydroxylation sites is 1. The fourth-order valence-electron chi connectivity index (χ4n) is 1.37. The van der Waals surface area contributed by atoms with Crippen LogP contribution in [0.2, 0.25) is 0 Å². The largest absolute Gasteiger partial charge is 0.378 e. The van der Waals surface area contributed by atoms with E-state index >= 15 is 0 Å². The Morgan fingerprint density at radius 2 is 2.06 bits per heavy atom. The molecule has 0 bridgehead atoms. The number of carbonyl (C=O) groups is 1. The first-order valence-electron chi connectivity index (χ1n) is 5.69. The van der Waals surface area contributed by atoms with E-state index in [4.69, 9.17) is 4.74 Å². The quantitative estimate of drug-likeness (QED) is 0.802. The van der Waals surface area contributed by atoms with Crippen molar-refractivity contribution in [3.8, 4) is 0 Å². The molecule has 0 saturated heterocycles. The Bertz CT molecular complexity index is 311. The van der Waals surface area contributed by atoms with Crippen molar-refractivity contribution in [2.75, 3.05) is 11.9 Å². The van der Waals surface area contributed by atoms with E-state index in [1.54, 1.807) is 0 Å². The number of ether oxygens (including phenoxy) is 1. The summed E-state index contributed by atoms with van der Waals surface area (Å²) in [6.07, 6.45) is 1.35. The van der Waals surface area contributed by atoms with E-state index in [2.05, 4.69) is 12.2 Å². The third-order valence-corrected chi connectivity index (χ3v) is 2.14. The molecule has 1 atom stereocenters. The lowest BCUT2D eigenvalue weighted by Crippen LogP contribution is -2.20. The molecule has 1 unspecified atom stereocenters. The average molecular weight is 221 g/mol. The predicted molar refractivity (Wildman–Crippen MR) is 65.4 cm³/mol. The highest BCUT2D eigenvalue weighted by atomic mass is 16.5. The zero-order valence-corrected chi connectivity index (χ0v) is 9.90. The number of hydrogen-bond acceptors (Lipinski definition) is 2. The van der Waals surface area contributed by atoms with Gasteiger partial charge in [-0.25, -0.2) is 0 Å². The molecular weight excluding hydrogens is 202 g/mol. The molecule has 0 saturated carbocycles. The Kier molecular flexibility index (Phi) is 5.57. The van der Waals surface area contributed by atoms with Gasteiger partial charge in [0, 0.05) is 12.3 Å². The van der Waals surface area contributed by atoms with Crippen molar-refractivity contribution in [1.29, 1.82) is 0 Å². The molecule has 3 nitrogen and oxygen atoms in total. The predicted octanol–water partition coefficient (Wildman–Crippen LogP) is 2.83. The summed E-state index contributed by atoms with van der Waals surface area (Å²) < 4.78 is 5.44. The highest BCUT2D eigenvalue weighted by molar-refractivity contribution is 5.90. The minimum atomic E-state index is -0.0244. The lowest BCUT2D eigenvalue weighted by atomic mass is 10.2. The summed E-state index contributed by atoms with van der Waals surface area (Å²) in [7, 11) is 0. The van der Waals surface area contributed by atoms with Gasteiger partial charge in [0.2, 0.25) is 5.91 Å². The molecule has 1 amide bonds. The molecule has 3 heteroatoms. The number of nitrogens with one attached hydrogen (secondary N) is 1. The molecule has 0 aliphatic carbocycles.